The molecule has 0 aliphatic carbocycles. The van der Waals surface area contributed by atoms with E-state index in [4.69, 9.17) is 4.74 Å². The first-order chi connectivity index (χ1) is 9.10. The molecule has 0 aliphatic rings. The number of aromatic nitrogens is 2. The van der Waals surface area contributed by atoms with Crippen LogP contribution in [0, 0.1) is 17.0 Å². The van der Waals surface area contributed by atoms with Gasteiger partial charge in [0.05, 0.1) is 11.0 Å². The fraction of sp³-hybridized carbons (Fsp3) is 0.167. The molecule has 0 N–H and O–H groups in total. The lowest BCUT2D eigenvalue weighted by molar-refractivity contribution is -0.384. The minimum absolute atomic E-state index is 0.0299. The van der Waals surface area contributed by atoms with Crippen LogP contribution in [0.25, 0.3) is 0 Å². The Labute approximate surface area is 117 Å². The number of rotatable bonds is 4. The summed E-state index contributed by atoms with van der Waals surface area (Å²) >= 11 is 3.29. The zero-order valence-electron chi connectivity index (χ0n) is 10.0. The van der Waals surface area contributed by atoms with Crippen LogP contribution in [0.2, 0.25) is 0 Å². The van der Waals surface area contributed by atoms with E-state index in [1.807, 2.05) is 0 Å². The molecule has 0 saturated carbocycles. The first kappa shape index (κ1) is 13.4. The van der Waals surface area contributed by atoms with Crippen LogP contribution in [0.3, 0.4) is 0 Å². The lowest BCUT2D eigenvalue weighted by atomic mass is 10.2. The number of nitro groups is 1. The van der Waals surface area contributed by atoms with Crippen molar-refractivity contribution >= 4 is 21.6 Å². The summed E-state index contributed by atoms with van der Waals surface area (Å²) in [5, 5.41) is 11.4. The van der Waals surface area contributed by atoms with Gasteiger partial charge in [-0.2, -0.15) is 0 Å². The van der Waals surface area contributed by atoms with Crippen LogP contribution in [0.4, 0.5) is 5.69 Å². The van der Waals surface area contributed by atoms with Gasteiger partial charge in [-0.1, -0.05) is 15.9 Å². The summed E-state index contributed by atoms with van der Waals surface area (Å²) in [5.74, 6) is 0.376. The number of alkyl halides is 1. The normalized spacial score (nSPS) is 10.2. The molecule has 0 aliphatic heterocycles. The fourth-order valence-electron chi connectivity index (χ4n) is 1.38. The summed E-state index contributed by atoms with van der Waals surface area (Å²) in [6.07, 6.45) is 3.26. The number of hydrogen-bond acceptors (Lipinski definition) is 5. The second-order valence-corrected chi connectivity index (χ2v) is 4.38. The van der Waals surface area contributed by atoms with E-state index in [0.29, 0.717) is 11.1 Å². The third-order valence-electron chi connectivity index (χ3n) is 2.42. The van der Waals surface area contributed by atoms with Gasteiger partial charge in [-0.05, 0) is 24.1 Å². The van der Waals surface area contributed by atoms with Gasteiger partial charge in [0.15, 0.2) is 0 Å². The summed E-state index contributed by atoms with van der Waals surface area (Å²) in [7, 11) is 0. The van der Waals surface area contributed by atoms with Gasteiger partial charge in [-0.15, -0.1) is 0 Å². The largest absolute Gasteiger partial charge is 0.424 e. The van der Waals surface area contributed by atoms with E-state index >= 15 is 0 Å². The Bertz CT molecular complexity index is 602. The van der Waals surface area contributed by atoms with Crippen molar-refractivity contribution in [2.24, 2.45) is 0 Å². The minimum Gasteiger partial charge on any atom is -0.424 e. The smallest absolute Gasteiger partial charge is 0.321 e. The lowest BCUT2D eigenvalue weighted by Gasteiger charge is -2.06. The molecule has 2 aromatic rings. The summed E-state index contributed by atoms with van der Waals surface area (Å²) in [5.41, 5.74) is 1.67. The molecule has 98 valence electrons. The third-order valence-corrected chi connectivity index (χ3v) is 3.07. The quantitative estimate of drug-likeness (QED) is 0.489. The minimum atomic E-state index is -0.471. The van der Waals surface area contributed by atoms with Gasteiger partial charge in [0, 0.05) is 23.8 Å². The Morgan fingerprint density at radius 1 is 1.37 bits per heavy atom. The van der Waals surface area contributed by atoms with E-state index in [9.17, 15) is 10.1 Å². The topological polar surface area (TPSA) is 78.2 Å². The van der Waals surface area contributed by atoms with Crippen LogP contribution in [0.1, 0.15) is 11.1 Å². The predicted octanol–water partition coefficient (Wildman–Crippen LogP) is 3.38. The Kier molecular flexibility index (Phi) is 4.06. The van der Waals surface area contributed by atoms with Gasteiger partial charge in [-0.25, -0.2) is 9.97 Å². The van der Waals surface area contributed by atoms with Gasteiger partial charge < -0.3 is 4.74 Å². The van der Waals surface area contributed by atoms with Crippen LogP contribution in [-0.4, -0.2) is 14.9 Å². The number of nitrogens with zero attached hydrogens (tertiary/aromatic N) is 3. The Morgan fingerprint density at radius 2 is 2.05 bits per heavy atom. The van der Waals surface area contributed by atoms with Crippen LogP contribution in [0.15, 0.2) is 30.6 Å². The molecule has 0 radical (unpaired) electrons. The average molecular weight is 324 g/mol. The Balaban J connectivity index is 2.26. The Hall–Kier alpha value is -2.02. The van der Waals surface area contributed by atoms with Crippen molar-refractivity contribution in [2.45, 2.75) is 12.3 Å². The first-order valence-corrected chi connectivity index (χ1v) is 6.52. The number of aryl methyl sites for hydroxylation is 1. The standard InChI is InChI=1S/C12H10BrN3O3/c1-8-2-3-10(16(17)18)4-11(8)19-12-14-6-9(5-13)7-15-12/h2-4,6-7H,5H2,1H3. The molecule has 0 bridgehead atoms. The molecule has 7 heteroatoms. The number of hydrogen-bond donors (Lipinski definition) is 0. The highest BCUT2D eigenvalue weighted by Gasteiger charge is 2.11. The van der Waals surface area contributed by atoms with Crippen molar-refractivity contribution in [3.63, 3.8) is 0 Å². The lowest BCUT2D eigenvalue weighted by Crippen LogP contribution is -1.96. The van der Waals surface area contributed by atoms with Gasteiger partial charge in [0.2, 0.25) is 0 Å². The molecule has 0 saturated heterocycles. The summed E-state index contributed by atoms with van der Waals surface area (Å²) in [4.78, 5) is 18.3. The van der Waals surface area contributed by atoms with Crippen LogP contribution >= 0.6 is 15.9 Å². The summed E-state index contributed by atoms with van der Waals surface area (Å²) in [6.45, 7) is 1.80. The highest BCUT2D eigenvalue weighted by atomic mass is 79.9. The molecule has 6 nitrogen and oxygen atoms in total. The molecular formula is C12H10BrN3O3. The van der Waals surface area contributed by atoms with Crippen molar-refractivity contribution in [2.75, 3.05) is 0 Å². The van der Waals surface area contributed by atoms with Crippen LogP contribution in [-0.2, 0) is 5.33 Å². The third kappa shape index (κ3) is 3.25. The van der Waals surface area contributed by atoms with Crippen LogP contribution < -0.4 is 4.74 Å². The second-order valence-electron chi connectivity index (χ2n) is 3.82. The zero-order valence-corrected chi connectivity index (χ0v) is 11.6. The van der Waals surface area contributed by atoms with E-state index in [-0.39, 0.29) is 11.7 Å². The number of ether oxygens (including phenoxy) is 1. The first-order valence-electron chi connectivity index (χ1n) is 5.40. The average Bonchev–Trinajstić information content (AvgIpc) is 2.42. The van der Waals surface area contributed by atoms with Gasteiger partial charge in [0.25, 0.3) is 5.69 Å². The van der Waals surface area contributed by atoms with Crippen molar-refractivity contribution < 1.29 is 9.66 Å². The van der Waals surface area contributed by atoms with E-state index in [2.05, 4.69) is 25.9 Å². The molecule has 1 aromatic carbocycles. The highest BCUT2D eigenvalue weighted by molar-refractivity contribution is 9.08. The monoisotopic (exact) mass is 323 g/mol. The second kappa shape index (κ2) is 5.75. The molecule has 0 amide bonds. The molecule has 0 fully saturated rings. The SMILES string of the molecule is Cc1ccc([N+](=O)[O-])cc1Oc1ncc(CBr)cn1. The maximum atomic E-state index is 10.7. The molecule has 1 aromatic heterocycles. The molecular weight excluding hydrogens is 314 g/mol. The van der Waals surface area contributed by atoms with Crippen molar-refractivity contribution in [1.29, 1.82) is 0 Å². The Morgan fingerprint density at radius 3 is 2.63 bits per heavy atom. The van der Waals surface area contributed by atoms with Crippen molar-refractivity contribution in [3.8, 4) is 11.8 Å². The molecule has 19 heavy (non-hydrogen) atoms. The summed E-state index contributed by atoms with van der Waals surface area (Å²) < 4.78 is 5.46. The van der Waals surface area contributed by atoms with E-state index in [1.165, 1.54) is 12.1 Å². The zero-order chi connectivity index (χ0) is 13.8. The number of nitro benzene ring substituents is 1. The van der Waals surface area contributed by atoms with E-state index in [0.717, 1.165) is 11.1 Å². The number of non-ortho nitro benzene ring substituents is 1. The molecule has 2 rings (SSSR count). The molecule has 0 atom stereocenters. The highest BCUT2D eigenvalue weighted by Crippen LogP contribution is 2.27. The summed E-state index contributed by atoms with van der Waals surface area (Å²) in [6, 6.07) is 4.57. The van der Waals surface area contributed by atoms with Gasteiger partial charge in [0.1, 0.15) is 5.75 Å². The molecule has 0 unspecified atom stereocenters. The van der Waals surface area contributed by atoms with E-state index in [1.54, 1.807) is 25.4 Å². The van der Waals surface area contributed by atoms with Crippen LogP contribution in [0.5, 0.6) is 11.8 Å². The maximum absolute atomic E-state index is 10.7. The number of benzene rings is 1. The van der Waals surface area contributed by atoms with Crippen molar-refractivity contribution in [1.82, 2.24) is 9.97 Å². The van der Waals surface area contributed by atoms with Gasteiger partial charge >= 0.3 is 6.01 Å². The van der Waals surface area contributed by atoms with Gasteiger partial charge in [-0.3, -0.25) is 10.1 Å². The van der Waals surface area contributed by atoms with Crippen molar-refractivity contribution in [3.05, 3.63) is 51.8 Å². The van der Waals surface area contributed by atoms with E-state index < -0.39 is 4.92 Å². The molecule has 1 heterocycles. The fourth-order valence-corrected chi connectivity index (χ4v) is 1.66. The maximum Gasteiger partial charge on any atom is 0.321 e. The molecule has 0 spiro atoms. The predicted molar refractivity (Wildman–Crippen MR) is 72.6 cm³/mol. The number of halogens is 1.